The number of hydrogen-bond donors (Lipinski definition) is 3. The number of hydrogen-bond acceptors (Lipinski definition) is 6. The molecule has 11 heteroatoms. The molecule has 8 nitrogen and oxygen atoms in total. The van der Waals surface area contributed by atoms with E-state index in [1.54, 1.807) is 6.07 Å². The summed E-state index contributed by atoms with van der Waals surface area (Å²) in [5.74, 6) is -0.448. The van der Waals surface area contributed by atoms with E-state index < -0.39 is 12.0 Å². The smallest absolute Gasteiger partial charge is 0.319 e. The maximum atomic E-state index is 14.1. The summed E-state index contributed by atoms with van der Waals surface area (Å²) in [4.78, 5) is 26.2. The van der Waals surface area contributed by atoms with Gasteiger partial charge in [-0.1, -0.05) is 0 Å². The van der Waals surface area contributed by atoms with Crippen molar-refractivity contribution in [2.24, 2.45) is 0 Å². The molecule has 178 valence electrons. The quantitative estimate of drug-likeness (QED) is 0.455. The fourth-order valence-corrected chi connectivity index (χ4v) is 4.10. The Hall–Kier alpha value is -2.79. The summed E-state index contributed by atoms with van der Waals surface area (Å²) in [6.07, 6.45) is 2.52. The van der Waals surface area contributed by atoms with Gasteiger partial charge in [-0.25, -0.2) is 13.6 Å². The predicted octanol–water partition coefficient (Wildman–Crippen LogP) is 3.31. The van der Waals surface area contributed by atoms with Crippen molar-refractivity contribution in [2.75, 3.05) is 31.5 Å². The van der Waals surface area contributed by atoms with Gasteiger partial charge < -0.3 is 20.3 Å². The monoisotopic (exact) mass is 479 g/mol. The van der Waals surface area contributed by atoms with Gasteiger partial charge in [-0.15, -0.1) is 0 Å². The third kappa shape index (κ3) is 7.10. The number of benzene rings is 1. The second kappa shape index (κ2) is 10.9. The van der Waals surface area contributed by atoms with E-state index in [0.29, 0.717) is 30.1 Å². The number of carbonyl (C=O) groups excluding carboxylic acids is 2. The number of likely N-dealkylation sites (tertiary alicyclic amines) is 1. The van der Waals surface area contributed by atoms with E-state index in [2.05, 4.69) is 25.2 Å². The SMILES string of the molecule is O=C(NCCCN1CC[C@H](F)C1)Nc1cc(OCc2cc(C(=O)NC3CC3)ccc2F)ns1. The molecule has 3 N–H and O–H groups in total. The summed E-state index contributed by atoms with van der Waals surface area (Å²) < 4.78 is 36.9. The summed E-state index contributed by atoms with van der Waals surface area (Å²) in [7, 11) is 0. The molecule has 1 aliphatic heterocycles. The molecule has 3 amide bonds. The highest BCUT2D eigenvalue weighted by Crippen LogP contribution is 2.24. The van der Waals surface area contributed by atoms with Crippen molar-refractivity contribution >= 4 is 28.5 Å². The average molecular weight is 480 g/mol. The second-order valence-electron chi connectivity index (χ2n) is 8.29. The molecule has 0 bridgehead atoms. The number of halogens is 2. The Kier molecular flexibility index (Phi) is 7.71. The Balaban J connectivity index is 1.19. The van der Waals surface area contributed by atoms with Gasteiger partial charge in [-0.2, -0.15) is 4.37 Å². The predicted molar refractivity (Wildman–Crippen MR) is 121 cm³/mol. The van der Waals surface area contributed by atoms with Crippen molar-refractivity contribution in [1.82, 2.24) is 19.9 Å². The molecule has 2 fully saturated rings. The number of nitrogens with one attached hydrogen (secondary N) is 3. The Morgan fingerprint density at radius 1 is 1.24 bits per heavy atom. The number of aromatic nitrogens is 1. The summed E-state index contributed by atoms with van der Waals surface area (Å²) in [5.41, 5.74) is 0.629. The summed E-state index contributed by atoms with van der Waals surface area (Å²) in [6.45, 7) is 2.36. The Morgan fingerprint density at radius 3 is 2.85 bits per heavy atom. The summed E-state index contributed by atoms with van der Waals surface area (Å²) >= 11 is 1.04. The van der Waals surface area contributed by atoms with Crippen LogP contribution in [0.3, 0.4) is 0 Å². The number of anilines is 1. The molecule has 1 atom stereocenters. The van der Waals surface area contributed by atoms with Crippen LogP contribution in [0.2, 0.25) is 0 Å². The van der Waals surface area contributed by atoms with Crippen LogP contribution >= 0.6 is 11.5 Å². The van der Waals surface area contributed by atoms with Crippen LogP contribution in [0.4, 0.5) is 18.6 Å². The summed E-state index contributed by atoms with van der Waals surface area (Å²) in [6, 6.07) is 5.57. The first-order valence-corrected chi connectivity index (χ1v) is 11.8. The van der Waals surface area contributed by atoms with E-state index >= 15 is 0 Å². The Bertz CT molecular complexity index is 985. The van der Waals surface area contributed by atoms with Crippen LogP contribution < -0.4 is 20.7 Å². The minimum atomic E-state index is -0.740. The van der Waals surface area contributed by atoms with Crippen LogP contribution in [0, 0.1) is 5.82 Å². The van der Waals surface area contributed by atoms with Gasteiger partial charge in [0.1, 0.15) is 23.6 Å². The first-order valence-electron chi connectivity index (χ1n) is 11.1. The molecule has 2 aliphatic rings. The van der Waals surface area contributed by atoms with Crippen molar-refractivity contribution in [2.45, 2.75) is 44.5 Å². The van der Waals surface area contributed by atoms with E-state index in [4.69, 9.17) is 4.74 Å². The second-order valence-corrected chi connectivity index (χ2v) is 9.10. The fraction of sp³-hybridized carbons (Fsp3) is 0.500. The summed E-state index contributed by atoms with van der Waals surface area (Å²) in [5, 5.41) is 8.79. The van der Waals surface area contributed by atoms with Crippen LogP contribution in [0.25, 0.3) is 0 Å². The van der Waals surface area contributed by atoms with Gasteiger partial charge in [0.15, 0.2) is 0 Å². The van der Waals surface area contributed by atoms with Gasteiger partial charge in [0.05, 0.1) is 0 Å². The van der Waals surface area contributed by atoms with Crippen molar-refractivity contribution in [3.63, 3.8) is 0 Å². The highest BCUT2D eigenvalue weighted by atomic mass is 32.1. The zero-order valence-corrected chi connectivity index (χ0v) is 18.9. The molecule has 4 rings (SSSR count). The largest absolute Gasteiger partial charge is 0.472 e. The first kappa shape index (κ1) is 23.4. The van der Waals surface area contributed by atoms with Crippen LogP contribution in [-0.2, 0) is 6.61 Å². The molecule has 1 aliphatic carbocycles. The number of ether oxygens (including phenoxy) is 1. The van der Waals surface area contributed by atoms with E-state index in [9.17, 15) is 18.4 Å². The number of rotatable bonds is 10. The molecule has 1 saturated heterocycles. The van der Waals surface area contributed by atoms with Gasteiger partial charge in [0.2, 0.25) is 5.88 Å². The molecule has 2 heterocycles. The van der Waals surface area contributed by atoms with E-state index in [1.165, 1.54) is 18.2 Å². The number of alkyl halides is 1. The minimum Gasteiger partial charge on any atom is -0.472 e. The third-order valence-corrected chi connectivity index (χ3v) is 6.16. The Morgan fingerprint density at radius 2 is 2.09 bits per heavy atom. The lowest BCUT2D eigenvalue weighted by molar-refractivity contribution is 0.0951. The van der Waals surface area contributed by atoms with Crippen molar-refractivity contribution < 1.29 is 23.1 Å². The van der Waals surface area contributed by atoms with Gasteiger partial charge >= 0.3 is 6.03 Å². The zero-order valence-electron chi connectivity index (χ0n) is 18.1. The molecule has 1 aromatic carbocycles. The molecular weight excluding hydrogens is 452 g/mol. The van der Waals surface area contributed by atoms with Gasteiger partial charge in [0, 0.05) is 42.9 Å². The number of amides is 3. The molecule has 0 unspecified atom stereocenters. The van der Waals surface area contributed by atoms with Crippen molar-refractivity contribution in [1.29, 1.82) is 0 Å². The molecule has 1 saturated carbocycles. The number of urea groups is 1. The standard InChI is InChI=1S/C22H27F2N5O3S/c23-16-6-9-29(12-16)8-1-7-25-22(31)27-20-11-19(28-33-20)32-13-15-10-14(2-5-18(15)24)21(30)26-17-3-4-17/h2,5,10-11,16-17H,1,3-4,6-9,12-13H2,(H,26,30)(H2,25,27,31)/t16-/m0/s1. The first-order chi connectivity index (χ1) is 16.0. The van der Waals surface area contributed by atoms with E-state index in [1.807, 2.05) is 0 Å². The third-order valence-electron chi connectivity index (χ3n) is 5.47. The van der Waals surface area contributed by atoms with Gasteiger partial charge in [-0.05, 0) is 62.0 Å². The molecule has 0 spiro atoms. The van der Waals surface area contributed by atoms with E-state index in [-0.39, 0.29) is 36.0 Å². The average Bonchev–Trinajstić information content (AvgIpc) is 3.33. The highest BCUT2D eigenvalue weighted by molar-refractivity contribution is 7.10. The Labute approximate surface area is 194 Å². The lowest BCUT2D eigenvalue weighted by Crippen LogP contribution is -2.31. The van der Waals surface area contributed by atoms with Crippen LogP contribution in [-0.4, -0.2) is 59.6 Å². The molecular formula is C22H27F2N5O3S. The van der Waals surface area contributed by atoms with Crippen LogP contribution in [0.5, 0.6) is 5.88 Å². The topological polar surface area (TPSA) is 95.6 Å². The van der Waals surface area contributed by atoms with E-state index in [0.717, 1.165) is 43.9 Å². The highest BCUT2D eigenvalue weighted by Gasteiger charge is 2.24. The maximum Gasteiger partial charge on any atom is 0.319 e. The molecule has 33 heavy (non-hydrogen) atoms. The minimum absolute atomic E-state index is 0.0952. The van der Waals surface area contributed by atoms with Crippen molar-refractivity contribution in [3.8, 4) is 5.88 Å². The molecule has 0 radical (unpaired) electrons. The fourth-order valence-electron chi connectivity index (χ4n) is 3.51. The normalized spacial score (nSPS) is 18.2. The lowest BCUT2D eigenvalue weighted by Gasteiger charge is -2.14. The van der Waals surface area contributed by atoms with Gasteiger partial charge in [-0.3, -0.25) is 10.1 Å². The number of nitrogens with zero attached hydrogens (tertiary/aromatic N) is 2. The van der Waals surface area contributed by atoms with Crippen LogP contribution in [0.1, 0.15) is 41.6 Å². The van der Waals surface area contributed by atoms with Crippen molar-refractivity contribution in [3.05, 3.63) is 41.2 Å². The lowest BCUT2D eigenvalue weighted by atomic mass is 10.1. The number of carbonyl (C=O) groups is 2. The molecule has 1 aromatic heterocycles. The van der Waals surface area contributed by atoms with Gasteiger partial charge in [0.25, 0.3) is 5.91 Å². The zero-order chi connectivity index (χ0) is 23.2. The molecule has 2 aromatic rings. The van der Waals surface area contributed by atoms with Crippen LogP contribution in [0.15, 0.2) is 24.3 Å². The maximum absolute atomic E-state index is 14.1.